The normalized spacial score (nSPS) is 8.00. The van der Waals surface area contributed by atoms with Crippen LogP contribution in [0.3, 0.4) is 0 Å². The molecular weight excluding hydrogens is 205 g/mol. The quantitative estimate of drug-likeness (QED) is 0.472. The fourth-order valence-corrected chi connectivity index (χ4v) is 0.492. The number of hydrogen-bond acceptors (Lipinski definition) is 6. The predicted molar refractivity (Wildman–Crippen MR) is 51.4 cm³/mol. The molecule has 1 rings (SSSR count). The van der Waals surface area contributed by atoms with Crippen LogP contribution in [0.4, 0.5) is 17.5 Å². The minimum Gasteiger partial charge on any atom is -0.492 e. The minimum absolute atomic E-state index is 0. The molecule has 70 valence electrons. The molecule has 12 heavy (non-hydrogen) atoms. The topological polar surface area (TPSA) is 124 Å². The standard InChI is InChI=1S/C4H7N5O.2ClH/c5-1-2(6)8-4(7)9-3(1)10;;/h5H2,(H5,6,7,8,9,10);2*1H. The van der Waals surface area contributed by atoms with Gasteiger partial charge in [0.15, 0.2) is 5.82 Å². The van der Waals surface area contributed by atoms with Gasteiger partial charge in [-0.05, 0) is 0 Å². The van der Waals surface area contributed by atoms with Gasteiger partial charge in [-0.2, -0.15) is 9.97 Å². The van der Waals surface area contributed by atoms with Crippen LogP contribution in [0.5, 0.6) is 5.88 Å². The Balaban J connectivity index is 0. The van der Waals surface area contributed by atoms with E-state index in [9.17, 15) is 0 Å². The monoisotopic (exact) mass is 213 g/mol. The van der Waals surface area contributed by atoms with Crippen LogP contribution in [-0.2, 0) is 0 Å². The van der Waals surface area contributed by atoms with E-state index >= 15 is 0 Å². The Hall–Kier alpha value is -1.14. The number of aromatic nitrogens is 2. The smallest absolute Gasteiger partial charge is 0.241 e. The molecule has 0 aliphatic heterocycles. The highest BCUT2D eigenvalue weighted by Crippen LogP contribution is 2.21. The molecule has 1 heterocycles. The number of nitrogen functional groups attached to an aromatic ring is 3. The molecule has 0 aliphatic rings. The van der Waals surface area contributed by atoms with E-state index in [4.69, 9.17) is 22.3 Å². The maximum absolute atomic E-state index is 8.84. The van der Waals surface area contributed by atoms with Crippen LogP contribution >= 0.6 is 24.8 Å². The van der Waals surface area contributed by atoms with Crippen LogP contribution < -0.4 is 17.2 Å². The number of aromatic hydroxyl groups is 1. The van der Waals surface area contributed by atoms with Crippen molar-refractivity contribution in [2.24, 2.45) is 0 Å². The summed E-state index contributed by atoms with van der Waals surface area (Å²) < 4.78 is 0. The number of anilines is 3. The van der Waals surface area contributed by atoms with Crippen molar-refractivity contribution in [1.82, 2.24) is 9.97 Å². The average molecular weight is 214 g/mol. The first kappa shape index (κ1) is 13.4. The lowest BCUT2D eigenvalue weighted by Gasteiger charge is -2.00. The van der Waals surface area contributed by atoms with Gasteiger partial charge in [0.2, 0.25) is 11.8 Å². The third-order valence-corrected chi connectivity index (χ3v) is 0.972. The molecule has 7 N–H and O–H groups in total. The zero-order valence-electron chi connectivity index (χ0n) is 5.89. The molecule has 1 aromatic rings. The zero-order valence-corrected chi connectivity index (χ0v) is 7.52. The van der Waals surface area contributed by atoms with Gasteiger partial charge in [-0.1, -0.05) is 0 Å². The van der Waals surface area contributed by atoms with Crippen molar-refractivity contribution in [3.8, 4) is 5.88 Å². The van der Waals surface area contributed by atoms with Gasteiger partial charge in [0.05, 0.1) is 0 Å². The van der Waals surface area contributed by atoms with E-state index in [-0.39, 0.29) is 48.1 Å². The summed E-state index contributed by atoms with van der Waals surface area (Å²) >= 11 is 0. The van der Waals surface area contributed by atoms with Crippen molar-refractivity contribution in [1.29, 1.82) is 0 Å². The van der Waals surface area contributed by atoms with Crippen LogP contribution in [0, 0.1) is 0 Å². The molecule has 0 unspecified atom stereocenters. The molecule has 0 fully saturated rings. The molecular formula is C4H9Cl2N5O. The molecule has 1 aromatic heterocycles. The molecule has 0 bridgehead atoms. The van der Waals surface area contributed by atoms with Crippen molar-refractivity contribution in [2.45, 2.75) is 0 Å². The maximum Gasteiger partial charge on any atom is 0.241 e. The summed E-state index contributed by atoms with van der Waals surface area (Å²) in [5.41, 5.74) is 15.5. The second-order valence-electron chi connectivity index (χ2n) is 1.70. The van der Waals surface area contributed by atoms with Crippen molar-refractivity contribution >= 4 is 42.3 Å². The van der Waals surface area contributed by atoms with E-state index in [0.29, 0.717) is 0 Å². The minimum atomic E-state index is -0.384. The molecule has 0 saturated carbocycles. The number of hydrogen-bond donors (Lipinski definition) is 4. The van der Waals surface area contributed by atoms with Gasteiger partial charge >= 0.3 is 0 Å². The van der Waals surface area contributed by atoms with Gasteiger partial charge in [0.25, 0.3) is 0 Å². The molecule has 0 saturated heterocycles. The van der Waals surface area contributed by atoms with Crippen LogP contribution in [0.25, 0.3) is 0 Å². The second-order valence-corrected chi connectivity index (χ2v) is 1.70. The summed E-state index contributed by atoms with van der Waals surface area (Å²) in [7, 11) is 0. The molecule has 0 atom stereocenters. The molecule has 0 aromatic carbocycles. The summed E-state index contributed by atoms with van der Waals surface area (Å²) in [6.07, 6.45) is 0. The van der Waals surface area contributed by atoms with Gasteiger partial charge < -0.3 is 22.3 Å². The van der Waals surface area contributed by atoms with E-state index < -0.39 is 0 Å². The molecule has 0 aliphatic carbocycles. The van der Waals surface area contributed by atoms with Crippen molar-refractivity contribution < 1.29 is 5.11 Å². The lowest BCUT2D eigenvalue weighted by Crippen LogP contribution is -2.03. The molecule has 0 spiro atoms. The highest BCUT2D eigenvalue weighted by atomic mass is 35.5. The van der Waals surface area contributed by atoms with Crippen LogP contribution in [0.15, 0.2) is 0 Å². The molecule has 0 amide bonds. The van der Waals surface area contributed by atoms with E-state index in [1.807, 2.05) is 0 Å². The van der Waals surface area contributed by atoms with E-state index in [2.05, 4.69) is 9.97 Å². The van der Waals surface area contributed by atoms with E-state index in [1.54, 1.807) is 0 Å². The number of nitrogens with zero attached hydrogens (tertiary/aromatic N) is 2. The van der Waals surface area contributed by atoms with Crippen LogP contribution in [0.1, 0.15) is 0 Å². The van der Waals surface area contributed by atoms with E-state index in [0.717, 1.165) is 0 Å². The Bertz CT molecular complexity index is 245. The summed E-state index contributed by atoms with van der Waals surface area (Å²) in [6, 6.07) is 0. The number of nitrogens with two attached hydrogens (primary N) is 3. The SMILES string of the molecule is Cl.Cl.Nc1nc(N)c(N)c(O)n1. The second kappa shape index (κ2) is 4.68. The van der Waals surface area contributed by atoms with Crippen LogP contribution in [0.2, 0.25) is 0 Å². The van der Waals surface area contributed by atoms with E-state index in [1.165, 1.54) is 0 Å². The first-order chi connectivity index (χ1) is 4.61. The maximum atomic E-state index is 8.84. The summed E-state index contributed by atoms with van der Waals surface area (Å²) in [4.78, 5) is 6.84. The fourth-order valence-electron chi connectivity index (χ4n) is 0.492. The van der Waals surface area contributed by atoms with Gasteiger partial charge in [-0.15, -0.1) is 24.8 Å². The van der Waals surface area contributed by atoms with Gasteiger partial charge in [0, 0.05) is 0 Å². The van der Waals surface area contributed by atoms with Crippen molar-refractivity contribution in [3.05, 3.63) is 0 Å². The third-order valence-electron chi connectivity index (χ3n) is 0.972. The Kier molecular flexibility index (Phi) is 5.25. The number of halogens is 2. The molecule has 8 heteroatoms. The Morgan fingerprint density at radius 2 is 1.50 bits per heavy atom. The predicted octanol–water partition coefficient (Wildman–Crippen LogP) is -0.228. The molecule has 6 nitrogen and oxygen atoms in total. The van der Waals surface area contributed by atoms with Gasteiger partial charge in [-0.25, -0.2) is 0 Å². The first-order valence-electron chi connectivity index (χ1n) is 2.48. The average Bonchev–Trinajstić information content (AvgIpc) is 1.82. The largest absolute Gasteiger partial charge is 0.492 e. The lowest BCUT2D eigenvalue weighted by molar-refractivity contribution is 0.456. The lowest BCUT2D eigenvalue weighted by atomic mass is 10.5. The first-order valence-corrected chi connectivity index (χ1v) is 2.48. The Morgan fingerprint density at radius 1 is 1.00 bits per heavy atom. The summed E-state index contributed by atoms with van der Waals surface area (Å²) in [6.45, 7) is 0. The molecule has 0 radical (unpaired) electrons. The zero-order chi connectivity index (χ0) is 7.72. The third kappa shape index (κ3) is 2.48. The van der Waals surface area contributed by atoms with Crippen molar-refractivity contribution in [3.63, 3.8) is 0 Å². The summed E-state index contributed by atoms with van der Waals surface area (Å²) in [5.74, 6) is -0.487. The van der Waals surface area contributed by atoms with Gasteiger partial charge in [-0.3, -0.25) is 0 Å². The van der Waals surface area contributed by atoms with Crippen LogP contribution in [-0.4, -0.2) is 15.1 Å². The Morgan fingerprint density at radius 3 is 1.92 bits per heavy atom. The summed E-state index contributed by atoms with van der Waals surface area (Å²) in [5, 5.41) is 8.84. The van der Waals surface area contributed by atoms with Crippen molar-refractivity contribution in [2.75, 3.05) is 17.2 Å². The highest BCUT2D eigenvalue weighted by Gasteiger charge is 2.04. The Labute approximate surface area is 81.0 Å². The highest BCUT2D eigenvalue weighted by molar-refractivity contribution is 5.85. The fraction of sp³-hybridized carbons (Fsp3) is 0. The number of rotatable bonds is 0. The van der Waals surface area contributed by atoms with Gasteiger partial charge in [0.1, 0.15) is 5.69 Å².